The first-order chi connectivity index (χ1) is 15.6. The Balaban J connectivity index is 1.40. The third-order valence-electron chi connectivity index (χ3n) is 6.96. The Kier molecular flexibility index (Phi) is 6.06. The van der Waals surface area contributed by atoms with Crippen molar-refractivity contribution < 1.29 is 5.11 Å². The minimum Gasteiger partial charge on any atom is -0.394 e. The summed E-state index contributed by atoms with van der Waals surface area (Å²) < 4.78 is 4.14. The van der Waals surface area contributed by atoms with Crippen LogP contribution in [-0.4, -0.2) is 46.1 Å². The molecule has 2 N–H and O–H groups in total. The number of aliphatic hydroxyl groups is 1. The number of halogens is 1. The molecule has 1 atom stereocenters. The highest BCUT2D eigenvalue weighted by Gasteiger charge is 2.39. The monoisotopic (exact) mass is 470 g/mol. The van der Waals surface area contributed by atoms with Gasteiger partial charge in [0.05, 0.1) is 22.7 Å². The standard InChI is InChI=1S/C23H27ClN6OS/c24-18-4-2-16(3-5-18)17-6-11-30(12-7-17)22-27-19-8-13-32(26-15-25)20(19)21(28-22)29-23(14-31)9-1-10-23/h2-5,17,31H,1,6-14H2,(H,27,28,29)/t32-/m1/s1. The number of hydrogen-bond donors (Lipinski definition) is 2. The molecule has 3 heterocycles. The number of aryl methyl sites for hydroxylation is 1. The molecule has 0 amide bonds. The zero-order valence-corrected chi connectivity index (χ0v) is 19.5. The second-order valence-corrected chi connectivity index (χ2v) is 11.1. The summed E-state index contributed by atoms with van der Waals surface area (Å²) >= 11 is 6.05. The fourth-order valence-electron chi connectivity index (χ4n) is 4.89. The summed E-state index contributed by atoms with van der Waals surface area (Å²) in [5.41, 5.74) is 2.01. The summed E-state index contributed by atoms with van der Waals surface area (Å²) in [5.74, 6) is 2.83. The van der Waals surface area contributed by atoms with Gasteiger partial charge in [0.15, 0.2) is 0 Å². The minimum absolute atomic E-state index is 0.0801. The van der Waals surface area contributed by atoms with Crippen LogP contribution < -0.4 is 10.2 Å². The highest BCUT2D eigenvalue weighted by Crippen LogP contribution is 2.39. The summed E-state index contributed by atoms with van der Waals surface area (Å²) in [7, 11) is -0.509. The molecule has 2 aromatic rings. The predicted molar refractivity (Wildman–Crippen MR) is 127 cm³/mol. The number of nitriles is 1. The van der Waals surface area contributed by atoms with Crippen LogP contribution >= 0.6 is 11.6 Å². The van der Waals surface area contributed by atoms with Crippen LogP contribution in [0, 0.1) is 11.5 Å². The topological polar surface area (TPSA) is 97.4 Å². The van der Waals surface area contributed by atoms with E-state index in [0.717, 1.165) is 84.7 Å². The average Bonchev–Trinajstić information content (AvgIpc) is 3.20. The number of nitrogens with zero attached hydrogens (tertiary/aromatic N) is 5. The van der Waals surface area contributed by atoms with Crippen LogP contribution in [0.3, 0.4) is 0 Å². The van der Waals surface area contributed by atoms with Crippen molar-refractivity contribution >= 4 is 34.1 Å². The van der Waals surface area contributed by atoms with Gasteiger partial charge in [0.25, 0.3) is 0 Å². The van der Waals surface area contributed by atoms with Crippen LogP contribution in [0.2, 0.25) is 5.02 Å². The third-order valence-corrected chi connectivity index (χ3v) is 9.00. The summed E-state index contributed by atoms with van der Waals surface area (Å²) in [5, 5.41) is 23.5. The molecule has 5 rings (SSSR count). The van der Waals surface area contributed by atoms with E-state index >= 15 is 0 Å². The van der Waals surface area contributed by atoms with Crippen LogP contribution in [0.1, 0.15) is 49.3 Å². The predicted octanol–water partition coefficient (Wildman–Crippen LogP) is 4.04. The molecule has 32 heavy (non-hydrogen) atoms. The summed E-state index contributed by atoms with van der Waals surface area (Å²) in [6, 6.07) is 8.18. The third kappa shape index (κ3) is 4.09. The molecular weight excluding hydrogens is 444 g/mol. The molecule has 1 aromatic carbocycles. The fourth-order valence-corrected chi connectivity index (χ4v) is 6.63. The van der Waals surface area contributed by atoms with Crippen LogP contribution in [0.15, 0.2) is 33.5 Å². The van der Waals surface area contributed by atoms with Crippen molar-refractivity contribution in [3.05, 3.63) is 40.5 Å². The largest absolute Gasteiger partial charge is 0.394 e. The van der Waals surface area contributed by atoms with Crippen LogP contribution in [-0.2, 0) is 17.1 Å². The molecule has 1 aliphatic carbocycles. The number of anilines is 2. The lowest BCUT2D eigenvalue weighted by molar-refractivity contribution is 0.143. The lowest BCUT2D eigenvalue weighted by Gasteiger charge is -2.42. The van der Waals surface area contributed by atoms with Crippen molar-refractivity contribution in [2.24, 2.45) is 4.36 Å². The molecule has 0 radical (unpaired) electrons. The SMILES string of the molecule is N#CN=[S@@]1CCc2nc(N3CCC(c4ccc(Cl)cc4)CC3)nc(NC3(CO)CCC3)c21. The smallest absolute Gasteiger partial charge is 0.227 e. The average molecular weight is 471 g/mol. The number of aliphatic hydroxyl groups excluding tert-OH is 1. The number of fused-ring (bicyclic) bond motifs is 1. The second kappa shape index (κ2) is 8.97. The van der Waals surface area contributed by atoms with Gasteiger partial charge in [-0.1, -0.05) is 23.7 Å². The van der Waals surface area contributed by atoms with Gasteiger partial charge in [-0.15, -0.1) is 4.36 Å². The fraction of sp³-hybridized carbons (Fsp3) is 0.522. The van der Waals surface area contributed by atoms with E-state index in [-0.39, 0.29) is 12.1 Å². The van der Waals surface area contributed by atoms with E-state index in [2.05, 4.69) is 26.7 Å². The van der Waals surface area contributed by atoms with Gasteiger partial charge in [-0.2, -0.15) is 10.2 Å². The first-order valence-corrected chi connectivity index (χ1v) is 12.9. The molecular formula is C23H27ClN6OS. The molecule has 2 aliphatic heterocycles. The van der Waals surface area contributed by atoms with Crippen molar-refractivity contribution in [1.82, 2.24) is 9.97 Å². The molecule has 1 saturated carbocycles. The maximum Gasteiger partial charge on any atom is 0.227 e. The molecule has 7 nitrogen and oxygen atoms in total. The van der Waals surface area contributed by atoms with Crippen LogP contribution in [0.25, 0.3) is 0 Å². The van der Waals surface area contributed by atoms with E-state index in [1.807, 2.05) is 18.3 Å². The number of hydrogen-bond acceptors (Lipinski definition) is 7. The Morgan fingerprint density at radius 3 is 2.62 bits per heavy atom. The highest BCUT2D eigenvalue weighted by molar-refractivity contribution is 7.87. The maximum absolute atomic E-state index is 9.99. The van der Waals surface area contributed by atoms with Crippen molar-refractivity contribution in [3.63, 3.8) is 0 Å². The Bertz CT molecular complexity index is 1070. The molecule has 9 heteroatoms. The lowest BCUT2D eigenvalue weighted by atomic mass is 9.77. The summed E-state index contributed by atoms with van der Waals surface area (Å²) in [4.78, 5) is 13.1. The van der Waals surface area contributed by atoms with Crippen molar-refractivity contribution in [3.8, 4) is 6.19 Å². The van der Waals surface area contributed by atoms with E-state index in [1.54, 1.807) is 0 Å². The molecule has 0 spiro atoms. The highest BCUT2D eigenvalue weighted by atomic mass is 35.5. The van der Waals surface area contributed by atoms with Gasteiger partial charge in [-0.3, -0.25) is 0 Å². The number of aromatic nitrogens is 2. The van der Waals surface area contributed by atoms with E-state index in [4.69, 9.17) is 26.8 Å². The Morgan fingerprint density at radius 2 is 2.00 bits per heavy atom. The second-order valence-electron chi connectivity index (χ2n) is 8.89. The molecule has 0 unspecified atom stereocenters. The molecule has 168 valence electrons. The van der Waals surface area contributed by atoms with Crippen molar-refractivity contribution in [1.29, 1.82) is 5.26 Å². The van der Waals surface area contributed by atoms with Gasteiger partial charge in [0.2, 0.25) is 12.1 Å². The number of piperidine rings is 1. The van der Waals surface area contributed by atoms with Gasteiger partial charge in [-0.05, 0) is 66.4 Å². The van der Waals surface area contributed by atoms with Crippen molar-refractivity contribution in [2.45, 2.75) is 54.9 Å². The number of rotatable bonds is 5. The van der Waals surface area contributed by atoms with E-state index in [9.17, 15) is 5.11 Å². The van der Waals surface area contributed by atoms with E-state index in [0.29, 0.717) is 5.92 Å². The zero-order chi connectivity index (χ0) is 22.1. The number of nitrogens with one attached hydrogen (secondary N) is 1. The normalized spacial score (nSPS) is 22.3. The van der Waals surface area contributed by atoms with E-state index < -0.39 is 10.7 Å². The first kappa shape index (κ1) is 21.6. The van der Waals surface area contributed by atoms with Gasteiger partial charge < -0.3 is 15.3 Å². The van der Waals surface area contributed by atoms with Gasteiger partial charge >= 0.3 is 0 Å². The first-order valence-electron chi connectivity index (χ1n) is 11.2. The Labute approximate surface area is 195 Å². The number of benzene rings is 1. The van der Waals surface area contributed by atoms with Crippen LogP contribution in [0.5, 0.6) is 0 Å². The van der Waals surface area contributed by atoms with Gasteiger partial charge in [0.1, 0.15) is 5.82 Å². The Morgan fingerprint density at radius 1 is 1.25 bits per heavy atom. The quantitative estimate of drug-likeness (QED) is 0.640. The molecule has 3 aliphatic rings. The van der Waals surface area contributed by atoms with E-state index in [1.165, 1.54) is 5.56 Å². The zero-order valence-electron chi connectivity index (χ0n) is 17.9. The molecule has 1 aromatic heterocycles. The Hall–Kier alpha value is -2.21. The maximum atomic E-state index is 9.99. The van der Waals surface area contributed by atoms with Gasteiger partial charge in [0, 0.05) is 30.3 Å². The van der Waals surface area contributed by atoms with Crippen LogP contribution in [0.4, 0.5) is 11.8 Å². The molecule has 0 bridgehead atoms. The summed E-state index contributed by atoms with van der Waals surface area (Å²) in [6.45, 7) is 1.87. The molecule has 1 saturated heterocycles. The minimum atomic E-state index is -0.509. The lowest BCUT2D eigenvalue weighted by Crippen LogP contribution is -2.48. The summed E-state index contributed by atoms with van der Waals surface area (Å²) in [6.07, 6.45) is 7.80. The molecule has 2 fully saturated rings. The van der Waals surface area contributed by atoms with Gasteiger partial charge in [-0.25, -0.2) is 4.98 Å². The van der Waals surface area contributed by atoms with Crippen molar-refractivity contribution in [2.75, 3.05) is 35.7 Å².